The van der Waals surface area contributed by atoms with Crippen molar-refractivity contribution in [3.8, 4) is 11.4 Å². The largest absolute Gasteiger partial charge is 0.338 e. The fourth-order valence-corrected chi connectivity index (χ4v) is 3.16. The Kier molecular flexibility index (Phi) is 3.55. The van der Waals surface area contributed by atoms with E-state index in [0.717, 1.165) is 43.3 Å². The number of hydrogen-bond donors (Lipinski definition) is 0. The SMILES string of the molecule is c1cc(-c2noc(CN3CCc4nc(C5CC5)nn4CC3)n2)ccn1. The molecule has 8 nitrogen and oxygen atoms in total. The van der Waals surface area contributed by atoms with Gasteiger partial charge < -0.3 is 4.52 Å². The van der Waals surface area contributed by atoms with Crippen LogP contribution < -0.4 is 0 Å². The van der Waals surface area contributed by atoms with Gasteiger partial charge in [0.25, 0.3) is 0 Å². The van der Waals surface area contributed by atoms with Crippen LogP contribution in [0.2, 0.25) is 0 Å². The summed E-state index contributed by atoms with van der Waals surface area (Å²) in [7, 11) is 0. The van der Waals surface area contributed by atoms with Crippen molar-refractivity contribution in [3.63, 3.8) is 0 Å². The van der Waals surface area contributed by atoms with Crippen LogP contribution in [0.15, 0.2) is 29.0 Å². The van der Waals surface area contributed by atoms with Crippen LogP contribution in [0.25, 0.3) is 11.4 Å². The summed E-state index contributed by atoms with van der Waals surface area (Å²) < 4.78 is 7.49. The number of fused-ring (bicyclic) bond motifs is 1. The highest BCUT2D eigenvalue weighted by Crippen LogP contribution is 2.38. The Balaban J connectivity index is 1.25. The standard InChI is InChI=1S/C17H19N7O/c1-2-12(1)16-19-14-5-8-23(9-10-24(14)21-16)11-15-20-17(22-25-15)13-3-6-18-7-4-13/h3-4,6-7,12H,1-2,5,8-11H2. The van der Waals surface area contributed by atoms with Crippen LogP contribution in [-0.4, -0.2) is 47.9 Å². The van der Waals surface area contributed by atoms with Gasteiger partial charge in [0.15, 0.2) is 5.82 Å². The number of hydrogen-bond acceptors (Lipinski definition) is 7. The molecule has 0 unspecified atom stereocenters. The van der Waals surface area contributed by atoms with Gasteiger partial charge in [-0.25, -0.2) is 9.67 Å². The third-order valence-corrected chi connectivity index (χ3v) is 4.75. The van der Waals surface area contributed by atoms with Gasteiger partial charge in [-0.2, -0.15) is 10.1 Å². The quantitative estimate of drug-likeness (QED) is 0.715. The van der Waals surface area contributed by atoms with E-state index in [2.05, 4.69) is 29.8 Å². The summed E-state index contributed by atoms with van der Waals surface area (Å²) in [6.45, 7) is 3.35. The summed E-state index contributed by atoms with van der Waals surface area (Å²) in [5.74, 6) is 4.00. The number of rotatable bonds is 4. The van der Waals surface area contributed by atoms with E-state index >= 15 is 0 Å². The molecule has 1 aliphatic carbocycles. The van der Waals surface area contributed by atoms with Gasteiger partial charge in [-0.05, 0) is 25.0 Å². The number of nitrogens with zero attached hydrogens (tertiary/aromatic N) is 7. The molecule has 5 rings (SSSR count). The molecular weight excluding hydrogens is 318 g/mol. The van der Waals surface area contributed by atoms with Crippen molar-refractivity contribution in [1.29, 1.82) is 0 Å². The molecule has 0 saturated heterocycles. The first-order valence-electron chi connectivity index (χ1n) is 8.74. The van der Waals surface area contributed by atoms with Gasteiger partial charge in [0.2, 0.25) is 11.7 Å². The van der Waals surface area contributed by atoms with Crippen LogP contribution in [0.1, 0.15) is 36.3 Å². The number of aromatic nitrogens is 6. The van der Waals surface area contributed by atoms with Crippen molar-refractivity contribution in [3.05, 3.63) is 42.1 Å². The second-order valence-electron chi connectivity index (χ2n) is 6.66. The van der Waals surface area contributed by atoms with E-state index in [1.54, 1.807) is 12.4 Å². The molecule has 0 atom stereocenters. The van der Waals surface area contributed by atoms with Crippen molar-refractivity contribution in [2.24, 2.45) is 0 Å². The monoisotopic (exact) mass is 337 g/mol. The molecule has 25 heavy (non-hydrogen) atoms. The Labute approximate surface area is 144 Å². The minimum atomic E-state index is 0.607. The lowest BCUT2D eigenvalue weighted by Gasteiger charge is -2.16. The predicted octanol–water partition coefficient (Wildman–Crippen LogP) is 1.66. The molecule has 128 valence electrons. The van der Waals surface area contributed by atoms with Crippen molar-refractivity contribution < 1.29 is 4.52 Å². The zero-order valence-electron chi connectivity index (χ0n) is 13.9. The summed E-state index contributed by atoms with van der Waals surface area (Å²) in [5, 5.41) is 8.75. The molecule has 0 aromatic carbocycles. The Bertz CT molecular complexity index is 843. The highest BCUT2D eigenvalue weighted by atomic mass is 16.5. The fraction of sp³-hybridized carbons (Fsp3) is 0.471. The van der Waals surface area contributed by atoms with E-state index in [-0.39, 0.29) is 0 Å². The molecule has 1 aliphatic heterocycles. The molecule has 0 radical (unpaired) electrons. The molecule has 1 saturated carbocycles. The molecule has 1 fully saturated rings. The van der Waals surface area contributed by atoms with Crippen molar-refractivity contribution in [2.75, 3.05) is 13.1 Å². The van der Waals surface area contributed by atoms with Gasteiger partial charge in [0, 0.05) is 43.4 Å². The normalized spacial score (nSPS) is 18.1. The lowest BCUT2D eigenvalue weighted by Crippen LogP contribution is -2.26. The van der Waals surface area contributed by atoms with E-state index in [1.807, 2.05) is 12.1 Å². The first kappa shape index (κ1) is 14.7. The third kappa shape index (κ3) is 3.05. The van der Waals surface area contributed by atoms with Crippen molar-refractivity contribution in [2.45, 2.75) is 38.3 Å². The lowest BCUT2D eigenvalue weighted by atomic mass is 10.2. The van der Waals surface area contributed by atoms with E-state index < -0.39 is 0 Å². The minimum absolute atomic E-state index is 0.607. The molecule has 0 bridgehead atoms. The Morgan fingerprint density at radius 2 is 1.96 bits per heavy atom. The van der Waals surface area contributed by atoms with Crippen LogP contribution in [-0.2, 0) is 19.5 Å². The molecule has 2 aliphatic rings. The van der Waals surface area contributed by atoms with E-state index in [4.69, 9.17) is 9.51 Å². The van der Waals surface area contributed by atoms with Crippen molar-refractivity contribution in [1.82, 2.24) is 34.8 Å². The number of pyridine rings is 1. The van der Waals surface area contributed by atoms with Gasteiger partial charge in [-0.1, -0.05) is 5.16 Å². The average molecular weight is 337 g/mol. The second-order valence-corrected chi connectivity index (χ2v) is 6.66. The van der Waals surface area contributed by atoms with Gasteiger partial charge in [0.05, 0.1) is 13.1 Å². The molecule has 0 spiro atoms. The molecule has 0 amide bonds. The molecular formula is C17H19N7O. The molecule has 3 aromatic rings. The maximum Gasteiger partial charge on any atom is 0.241 e. The van der Waals surface area contributed by atoms with E-state index in [0.29, 0.717) is 24.2 Å². The van der Waals surface area contributed by atoms with E-state index in [9.17, 15) is 0 Å². The Hall–Kier alpha value is -2.61. The topological polar surface area (TPSA) is 85.8 Å². The summed E-state index contributed by atoms with van der Waals surface area (Å²) in [6, 6.07) is 3.76. The Morgan fingerprint density at radius 1 is 1.08 bits per heavy atom. The van der Waals surface area contributed by atoms with Crippen LogP contribution in [0.5, 0.6) is 0 Å². The van der Waals surface area contributed by atoms with Gasteiger partial charge in [-0.15, -0.1) is 0 Å². The fourth-order valence-electron chi connectivity index (χ4n) is 3.16. The summed E-state index contributed by atoms with van der Waals surface area (Å²) >= 11 is 0. The zero-order valence-corrected chi connectivity index (χ0v) is 13.9. The highest BCUT2D eigenvalue weighted by molar-refractivity contribution is 5.52. The van der Waals surface area contributed by atoms with Crippen LogP contribution in [0, 0.1) is 0 Å². The first-order chi connectivity index (χ1) is 12.3. The van der Waals surface area contributed by atoms with Crippen LogP contribution >= 0.6 is 0 Å². The summed E-state index contributed by atoms with van der Waals surface area (Å²) in [5.41, 5.74) is 0.915. The van der Waals surface area contributed by atoms with Gasteiger partial charge >= 0.3 is 0 Å². The predicted molar refractivity (Wildman–Crippen MR) is 88.5 cm³/mol. The highest BCUT2D eigenvalue weighted by Gasteiger charge is 2.29. The molecule has 0 N–H and O–H groups in total. The lowest BCUT2D eigenvalue weighted by molar-refractivity contribution is 0.228. The van der Waals surface area contributed by atoms with Crippen molar-refractivity contribution >= 4 is 0 Å². The zero-order chi connectivity index (χ0) is 16.6. The first-order valence-corrected chi connectivity index (χ1v) is 8.74. The second kappa shape index (κ2) is 6.03. The maximum atomic E-state index is 5.42. The smallest absolute Gasteiger partial charge is 0.241 e. The van der Waals surface area contributed by atoms with Crippen LogP contribution in [0.4, 0.5) is 0 Å². The molecule has 4 heterocycles. The molecule has 8 heteroatoms. The minimum Gasteiger partial charge on any atom is -0.338 e. The third-order valence-electron chi connectivity index (χ3n) is 4.75. The maximum absolute atomic E-state index is 5.42. The summed E-state index contributed by atoms with van der Waals surface area (Å²) in [6.07, 6.45) is 6.85. The van der Waals surface area contributed by atoms with Crippen LogP contribution in [0.3, 0.4) is 0 Å². The van der Waals surface area contributed by atoms with E-state index in [1.165, 1.54) is 12.8 Å². The summed E-state index contributed by atoms with van der Waals surface area (Å²) in [4.78, 5) is 15.6. The molecule has 3 aromatic heterocycles. The Morgan fingerprint density at radius 3 is 2.80 bits per heavy atom. The average Bonchev–Trinajstić information content (AvgIpc) is 3.31. The van der Waals surface area contributed by atoms with Gasteiger partial charge in [0.1, 0.15) is 5.82 Å². The van der Waals surface area contributed by atoms with Gasteiger partial charge in [-0.3, -0.25) is 9.88 Å².